The van der Waals surface area contributed by atoms with Crippen molar-refractivity contribution in [1.82, 2.24) is 4.98 Å². The Morgan fingerprint density at radius 3 is 2.42 bits per heavy atom. The molecule has 2 atom stereocenters. The van der Waals surface area contributed by atoms with E-state index in [0.29, 0.717) is 31.8 Å². The minimum absolute atomic E-state index is 0.00369. The number of aromatic nitrogens is 1. The van der Waals surface area contributed by atoms with Crippen molar-refractivity contribution in [2.24, 2.45) is 5.92 Å². The molecule has 0 bridgehead atoms. The molecular weight excluding hydrogens is 478 g/mol. The van der Waals surface area contributed by atoms with E-state index in [9.17, 15) is 13.2 Å². The molecule has 4 rings (SSSR count). The number of carboxylic acids is 1. The SMILES string of the molecule is Cc1cc(OCCCS(C)(=O)=O)cc(C)c1-c1cccc(COc2ccc([C@@H]3C[C@H]3C(=O)O)nc2)c1. The van der Waals surface area contributed by atoms with E-state index in [2.05, 4.69) is 17.1 Å². The minimum Gasteiger partial charge on any atom is -0.494 e. The number of carboxylic acid groups (broad SMARTS) is 1. The number of sulfone groups is 1. The van der Waals surface area contributed by atoms with Gasteiger partial charge in [-0.2, -0.15) is 0 Å². The maximum Gasteiger partial charge on any atom is 0.307 e. The van der Waals surface area contributed by atoms with Crippen LogP contribution in [0.1, 0.15) is 41.1 Å². The van der Waals surface area contributed by atoms with Crippen molar-refractivity contribution in [2.75, 3.05) is 18.6 Å². The smallest absolute Gasteiger partial charge is 0.307 e. The van der Waals surface area contributed by atoms with Gasteiger partial charge in [-0.05, 0) is 84.8 Å². The van der Waals surface area contributed by atoms with Crippen LogP contribution in [0.3, 0.4) is 0 Å². The van der Waals surface area contributed by atoms with Gasteiger partial charge in [0.25, 0.3) is 0 Å². The Labute approximate surface area is 212 Å². The molecular formula is C28H31NO6S. The molecule has 2 aromatic carbocycles. The van der Waals surface area contributed by atoms with Crippen molar-refractivity contribution >= 4 is 15.8 Å². The molecule has 1 aliphatic rings. The Morgan fingerprint density at radius 1 is 1.06 bits per heavy atom. The monoisotopic (exact) mass is 509 g/mol. The van der Waals surface area contributed by atoms with Gasteiger partial charge >= 0.3 is 5.97 Å². The van der Waals surface area contributed by atoms with Gasteiger partial charge in [0.1, 0.15) is 27.9 Å². The first-order valence-electron chi connectivity index (χ1n) is 11.9. The molecule has 0 spiro atoms. The van der Waals surface area contributed by atoms with Crippen LogP contribution >= 0.6 is 0 Å². The highest BCUT2D eigenvalue weighted by Gasteiger charge is 2.45. The van der Waals surface area contributed by atoms with Crippen molar-refractivity contribution in [2.45, 2.75) is 39.2 Å². The normalized spacial score (nSPS) is 17.0. The van der Waals surface area contributed by atoms with Gasteiger partial charge in [0.15, 0.2) is 0 Å². The van der Waals surface area contributed by atoms with Gasteiger partial charge < -0.3 is 14.6 Å². The zero-order chi connectivity index (χ0) is 25.9. The number of ether oxygens (including phenoxy) is 2. The number of benzene rings is 2. The number of hydrogen-bond acceptors (Lipinski definition) is 6. The van der Waals surface area contributed by atoms with E-state index in [1.165, 1.54) is 6.26 Å². The summed E-state index contributed by atoms with van der Waals surface area (Å²) in [5.41, 5.74) is 6.17. The Balaban J connectivity index is 1.38. The van der Waals surface area contributed by atoms with Crippen LogP contribution in [0.5, 0.6) is 11.5 Å². The summed E-state index contributed by atoms with van der Waals surface area (Å²) < 4.78 is 34.3. The fourth-order valence-electron chi connectivity index (χ4n) is 4.45. The summed E-state index contributed by atoms with van der Waals surface area (Å²) in [6.07, 6.45) is 3.99. The zero-order valence-electron chi connectivity index (χ0n) is 20.7. The molecule has 7 nitrogen and oxygen atoms in total. The van der Waals surface area contributed by atoms with Crippen LogP contribution in [0.4, 0.5) is 0 Å². The van der Waals surface area contributed by atoms with Crippen LogP contribution in [-0.4, -0.2) is 43.1 Å². The molecule has 0 amide bonds. The fraction of sp³-hybridized carbons (Fsp3) is 0.357. The molecule has 1 N–H and O–H groups in total. The summed E-state index contributed by atoms with van der Waals surface area (Å²) in [4.78, 5) is 15.5. The number of nitrogens with zero attached hydrogens (tertiary/aromatic N) is 1. The quantitative estimate of drug-likeness (QED) is 0.365. The molecule has 0 unspecified atom stereocenters. The van der Waals surface area contributed by atoms with Crippen LogP contribution in [0, 0.1) is 19.8 Å². The Kier molecular flexibility index (Phi) is 7.64. The van der Waals surface area contributed by atoms with E-state index in [4.69, 9.17) is 14.6 Å². The highest BCUT2D eigenvalue weighted by molar-refractivity contribution is 7.90. The van der Waals surface area contributed by atoms with Crippen molar-refractivity contribution in [3.8, 4) is 22.6 Å². The topological polar surface area (TPSA) is 103 Å². The second kappa shape index (κ2) is 10.7. The van der Waals surface area contributed by atoms with Gasteiger partial charge in [-0.1, -0.05) is 18.2 Å². The van der Waals surface area contributed by atoms with Crippen molar-refractivity contribution in [3.05, 3.63) is 77.1 Å². The van der Waals surface area contributed by atoms with Crippen molar-refractivity contribution in [1.29, 1.82) is 0 Å². The molecule has 1 aliphatic carbocycles. The summed E-state index contributed by atoms with van der Waals surface area (Å²) in [6, 6.07) is 15.8. The van der Waals surface area contributed by atoms with Gasteiger partial charge in [0, 0.05) is 17.9 Å². The Morgan fingerprint density at radius 2 is 1.81 bits per heavy atom. The Bertz CT molecular complexity index is 1330. The van der Waals surface area contributed by atoms with Crippen LogP contribution in [0.2, 0.25) is 0 Å². The summed E-state index contributed by atoms with van der Waals surface area (Å²) in [7, 11) is -2.99. The van der Waals surface area contributed by atoms with E-state index < -0.39 is 15.8 Å². The molecule has 1 saturated carbocycles. The third kappa shape index (κ3) is 6.63. The molecule has 1 aromatic heterocycles. The standard InChI is InChI=1S/C28H31NO6S/c1-18-12-23(34-10-5-11-36(3,32)33)13-19(2)27(18)21-7-4-6-20(14-21)17-35-22-8-9-26(29-16-22)24-15-25(24)28(30)31/h4,6-9,12-14,16,24-25H,5,10-11,15,17H2,1-3H3,(H,30,31)/t24-,25-/m1/s1. The van der Waals surface area contributed by atoms with Crippen molar-refractivity contribution < 1.29 is 27.8 Å². The number of rotatable bonds is 11. The number of aryl methyl sites for hydroxylation is 2. The molecule has 0 saturated heterocycles. The van der Waals surface area contributed by atoms with Gasteiger partial charge in [-0.15, -0.1) is 0 Å². The summed E-state index contributed by atoms with van der Waals surface area (Å²) >= 11 is 0. The van der Waals surface area contributed by atoms with E-state index >= 15 is 0 Å². The molecule has 1 fully saturated rings. The molecule has 8 heteroatoms. The van der Waals surface area contributed by atoms with E-state index in [1.54, 1.807) is 6.20 Å². The maximum atomic E-state index is 11.3. The maximum absolute atomic E-state index is 11.3. The third-order valence-corrected chi connectivity index (χ3v) is 7.33. The molecule has 36 heavy (non-hydrogen) atoms. The first-order chi connectivity index (χ1) is 17.1. The second-order valence-electron chi connectivity index (χ2n) is 9.46. The predicted molar refractivity (Wildman–Crippen MR) is 138 cm³/mol. The number of pyridine rings is 1. The first kappa shape index (κ1) is 25.7. The van der Waals surface area contributed by atoms with Gasteiger partial charge in [0.2, 0.25) is 0 Å². The molecule has 1 heterocycles. The molecule has 0 radical (unpaired) electrons. The van der Waals surface area contributed by atoms with Gasteiger partial charge in [0.05, 0.1) is 24.5 Å². The summed E-state index contributed by atoms with van der Waals surface area (Å²) in [5.74, 6) is 0.409. The lowest BCUT2D eigenvalue weighted by molar-refractivity contribution is -0.138. The summed E-state index contributed by atoms with van der Waals surface area (Å²) in [5, 5.41) is 9.09. The second-order valence-corrected chi connectivity index (χ2v) is 11.7. The molecule has 0 aliphatic heterocycles. The van der Waals surface area contributed by atoms with E-state index in [0.717, 1.165) is 39.3 Å². The molecule has 190 valence electrons. The predicted octanol–water partition coefficient (Wildman–Crippen LogP) is 4.95. The lowest BCUT2D eigenvalue weighted by Crippen LogP contribution is -2.08. The van der Waals surface area contributed by atoms with Gasteiger partial charge in [-0.25, -0.2) is 8.42 Å². The van der Waals surface area contributed by atoms with Crippen LogP contribution in [0.25, 0.3) is 11.1 Å². The lowest BCUT2D eigenvalue weighted by atomic mass is 9.94. The Hall–Kier alpha value is -3.39. The van der Waals surface area contributed by atoms with Crippen LogP contribution in [-0.2, 0) is 21.2 Å². The zero-order valence-corrected chi connectivity index (χ0v) is 21.5. The lowest BCUT2D eigenvalue weighted by Gasteiger charge is -2.15. The molecule has 3 aromatic rings. The van der Waals surface area contributed by atoms with Crippen molar-refractivity contribution in [3.63, 3.8) is 0 Å². The summed E-state index contributed by atoms with van der Waals surface area (Å²) in [6.45, 7) is 4.82. The van der Waals surface area contributed by atoms with Gasteiger partial charge in [-0.3, -0.25) is 9.78 Å². The largest absolute Gasteiger partial charge is 0.494 e. The fourth-order valence-corrected chi connectivity index (χ4v) is 5.09. The van der Waals surface area contributed by atoms with Crippen LogP contribution in [0.15, 0.2) is 54.7 Å². The highest BCUT2D eigenvalue weighted by Crippen LogP contribution is 2.46. The third-order valence-electron chi connectivity index (χ3n) is 6.30. The first-order valence-corrected chi connectivity index (χ1v) is 14.0. The average Bonchev–Trinajstić information content (AvgIpc) is 3.62. The average molecular weight is 510 g/mol. The minimum atomic E-state index is -2.99. The van der Waals surface area contributed by atoms with E-state index in [-0.39, 0.29) is 17.6 Å². The number of hydrogen-bond donors (Lipinski definition) is 1. The van der Waals surface area contributed by atoms with Crippen LogP contribution < -0.4 is 9.47 Å². The number of carbonyl (C=O) groups is 1. The van der Waals surface area contributed by atoms with E-state index in [1.807, 2.05) is 50.2 Å². The number of aliphatic carboxylic acids is 1. The highest BCUT2D eigenvalue weighted by atomic mass is 32.2.